The second kappa shape index (κ2) is 6.13. The van der Waals surface area contributed by atoms with Crippen LogP contribution in [0.25, 0.3) is 0 Å². The Balaban J connectivity index is 2.33. The van der Waals surface area contributed by atoms with Gasteiger partial charge in [-0.15, -0.1) is 0 Å². The quantitative estimate of drug-likeness (QED) is 0.831. The van der Waals surface area contributed by atoms with Gasteiger partial charge in [0.05, 0.1) is 6.42 Å². The van der Waals surface area contributed by atoms with Gasteiger partial charge in [0, 0.05) is 17.3 Å². The highest BCUT2D eigenvalue weighted by atomic mass is 35.5. The van der Waals surface area contributed by atoms with Crippen molar-refractivity contribution in [3.63, 3.8) is 0 Å². The Hall–Kier alpha value is -2.08. The molecular weight excluding hydrogens is 296 g/mol. The number of carboxylic acid groups (broad SMARTS) is 1. The first-order valence-corrected chi connectivity index (χ1v) is 6.90. The van der Waals surface area contributed by atoms with Crippen molar-refractivity contribution >= 4 is 35.1 Å². The van der Waals surface area contributed by atoms with E-state index in [1.165, 1.54) is 4.90 Å². The molecule has 1 atom stereocenters. The first-order chi connectivity index (χ1) is 9.93. The number of anilines is 1. The average Bonchev–Trinajstić information content (AvgIpc) is 2.71. The Morgan fingerprint density at radius 1 is 1.38 bits per heavy atom. The predicted molar refractivity (Wildman–Crippen MR) is 77.2 cm³/mol. The van der Waals surface area contributed by atoms with E-state index in [9.17, 15) is 14.4 Å². The van der Waals surface area contributed by atoms with Crippen molar-refractivity contribution in [1.82, 2.24) is 4.90 Å². The molecule has 1 aliphatic rings. The molecule has 1 saturated heterocycles. The Morgan fingerprint density at radius 3 is 2.48 bits per heavy atom. The lowest BCUT2D eigenvalue weighted by atomic mass is 10.1. The monoisotopic (exact) mass is 310 g/mol. The van der Waals surface area contributed by atoms with E-state index in [2.05, 4.69) is 0 Å². The van der Waals surface area contributed by atoms with E-state index >= 15 is 0 Å². The molecule has 1 aliphatic heterocycles. The van der Waals surface area contributed by atoms with E-state index in [4.69, 9.17) is 16.7 Å². The Bertz CT molecular complexity index is 573. The molecule has 1 N–H and O–H groups in total. The lowest BCUT2D eigenvalue weighted by Crippen LogP contribution is -2.44. The minimum atomic E-state index is -1.07. The van der Waals surface area contributed by atoms with Crippen LogP contribution in [0.4, 0.5) is 5.69 Å². The summed E-state index contributed by atoms with van der Waals surface area (Å²) in [5, 5.41) is 9.57. The van der Waals surface area contributed by atoms with Crippen molar-refractivity contribution < 1.29 is 19.5 Å². The van der Waals surface area contributed by atoms with Crippen LogP contribution in [0, 0.1) is 0 Å². The molecule has 112 valence electrons. The molecule has 0 spiro atoms. The van der Waals surface area contributed by atoms with E-state index in [-0.39, 0.29) is 31.3 Å². The van der Waals surface area contributed by atoms with Crippen molar-refractivity contribution in [1.29, 1.82) is 0 Å². The van der Waals surface area contributed by atoms with Crippen LogP contribution in [0.2, 0.25) is 5.02 Å². The van der Waals surface area contributed by atoms with Crippen molar-refractivity contribution in [2.24, 2.45) is 0 Å². The number of imide groups is 1. The van der Waals surface area contributed by atoms with Gasteiger partial charge in [0.15, 0.2) is 0 Å². The number of carbonyl (C=O) groups is 3. The molecule has 0 aromatic heterocycles. The van der Waals surface area contributed by atoms with E-state index in [0.717, 1.165) is 4.90 Å². The fourth-order valence-corrected chi connectivity index (χ4v) is 2.53. The lowest BCUT2D eigenvalue weighted by molar-refractivity contribution is -0.138. The number of hydrogen-bond donors (Lipinski definition) is 1. The van der Waals surface area contributed by atoms with Gasteiger partial charge in [-0.25, -0.2) is 0 Å². The summed E-state index contributed by atoms with van der Waals surface area (Å²) in [6.45, 7) is 1.64. The summed E-state index contributed by atoms with van der Waals surface area (Å²) in [5.41, 5.74) is 0.547. The van der Waals surface area contributed by atoms with Crippen molar-refractivity contribution in [3.05, 3.63) is 29.3 Å². The SMILES string of the molecule is CCN1C(=O)CC(N(CC(=O)O)c2ccc(Cl)cc2)C1=O. The number of likely N-dealkylation sites (tertiary alicyclic amines) is 1. The molecule has 0 bridgehead atoms. The topological polar surface area (TPSA) is 77.9 Å². The molecule has 0 radical (unpaired) electrons. The molecule has 1 aromatic carbocycles. The van der Waals surface area contributed by atoms with Crippen LogP contribution in [0.1, 0.15) is 13.3 Å². The first kappa shape index (κ1) is 15.3. The van der Waals surface area contributed by atoms with Crippen molar-refractivity contribution in [2.45, 2.75) is 19.4 Å². The molecule has 6 nitrogen and oxygen atoms in total. The van der Waals surface area contributed by atoms with Crippen LogP contribution in [-0.4, -0.2) is 46.9 Å². The van der Waals surface area contributed by atoms with Gasteiger partial charge in [-0.1, -0.05) is 11.6 Å². The number of hydrogen-bond acceptors (Lipinski definition) is 4. The summed E-state index contributed by atoms with van der Waals surface area (Å²) in [5.74, 6) is -1.71. The minimum absolute atomic E-state index is 0.0113. The number of amides is 2. The smallest absolute Gasteiger partial charge is 0.323 e. The lowest BCUT2D eigenvalue weighted by Gasteiger charge is -2.27. The van der Waals surface area contributed by atoms with Gasteiger partial charge >= 0.3 is 5.97 Å². The molecule has 1 aromatic rings. The van der Waals surface area contributed by atoms with Gasteiger partial charge in [0.1, 0.15) is 12.6 Å². The number of likely N-dealkylation sites (N-methyl/N-ethyl adjacent to an activating group) is 1. The molecule has 2 amide bonds. The number of carbonyl (C=O) groups excluding carboxylic acids is 2. The number of rotatable bonds is 5. The summed E-state index contributed by atoms with van der Waals surface area (Å²) in [6, 6.07) is 5.72. The third kappa shape index (κ3) is 3.16. The Kier molecular flexibility index (Phi) is 4.47. The zero-order valence-corrected chi connectivity index (χ0v) is 12.2. The van der Waals surface area contributed by atoms with Gasteiger partial charge in [-0.2, -0.15) is 0 Å². The molecule has 1 heterocycles. The second-order valence-corrected chi connectivity index (χ2v) is 5.13. The van der Waals surface area contributed by atoms with Gasteiger partial charge in [0.2, 0.25) is 5.91 Å². The van der Waals surface area contributed by atoms with Crippen LogP contribution in [0.5, 0.6) is 0 Å². The van der Waals surface area contributed by atoms with E-state index in [0.29, 0.717) is 10.7 Å². The minimum Gasteiger partial charge on any atom is -0.480 e. The normalized spacial score (nSPS) is 18.2. The number of carboxylic acids is 1. The number of benzene rings is 1. The fraction of sp³-hybridized carbons (Fsp3) is 0.357. The highest BCUT2D eigenvalue weighted by Crippen LogP contribution is 2.26. The average molecular weight is 311 g/mol. The van der Waals surface area contributed by atoms with Crippen molar-refractivity contribution in [3.8, 4) is 0 Å². The molecule has 0 saturated carbocycles. The summed E-state index contributed by atoms with van der Waals surface area (Å²) in [6.07, 6.45) is -0.0113. The molecule has 0 aliphatic carbocycles. The summed E-state index contributed by atoms with van der Waals surface area (Å²) >= 11 is 5.82. The maximum atomic E-state index is 12.3. The van der Waals surface area contributed by atoms with Crippen LogP contribution in [0.3, 0.4) is 0 Å². The van der Waals surface area contributed by atoms with Crippen LogP contribution in [-0.2, 0) is 14.4 Å². The molecule has 7 heteroatoms. The van der Waals surface area contributed by atoms with Crippen molar-refractivity contribution in [2.75, 3.05) is 18.0 Å². The van der Waals surface area contributed by atoms with Crippen LogP contribution < -0.4 is 4.90 Å². The number of nitrogens with zero attached hydrogens (tertiary/aromatic N) is 2. The molecule has 2 rings (SSSR count). The van der Waals surface area contributed by atoms with E-state index in [1.807, 2.05) is 0 Å². The van der Waals surface area contributed by atoms with Gasteiger partial charge in [0.25, 0.3) is 5.91 Å². The highest BCUT2D eigenvalue weighted by molar-refractivity contribution is 6.30. The summed E-state index contributed by atoms with van der Waals surface area (Å²) in [7, 11) is 0. The second-order valence-electron chi connectivity index (χ2n) is 4.69. The molecule has 21 heavy (non-hydrogen) atoms. The maximum absolute atomic E-state index is 12.3. The third-order valence-corrected chi connectivity index (χ3v) is 3.63. The molecule has 1 unspecified atom stereocenters. The standard InChI is InChI=1S/C14H15ClN2O4/c1-2-16-12(18)7-11(14(16)21)17(8-13(19)20)10-5-3-9(15)4-6-10/h3-6,11H,2,7-8H2,1H3,(H,19,20). The van der Waals surface area contributed by atoms with Gasteiger partial charge in [-0.05, 0) is 31.2 Å². The zero-order valence-electron chi connectivity index (χ0n) is 11.5. The Labute approximate surface area is 126 Å². The third-order valence-electron chi connectivity index (χ3n) is 3.38. The van der Waals surface area contributed by atoms with E-state index in [1.54, 1.807) is 31.2 Å². The number of aliphatic carboxylic acids is 1. The Morgan fingerprint density at radius 2 is 2.00 bits per heavy atom. The first-order valence-electron chi connectivity index (χ1n) is 6.52. The van der Waals surface area contributed by atoms with Gasteiger partial charge in [-0.3, -0.25) is 19.3 Å². The predicted octanol–water partition coefficient (Wildman–Crippen LogP) is 1.38. The summed E-state index contributed by atoms with van der Waals surface area (Å²) in [4.78, 5) is 37.7. The van der Waals surface area contributed by atoms with Crippen LogP contribution in [0.15, 0.2) is 24.3 Å². The van der Waals surface area contributed by atoms with Crippen LogP contribution >= 0.6 is 11.6 Å². The zero-order chi connectivity index (χ0) is 15.6. The number of halogens is 1. The highest BCUT2D eigenvalue weighted by Gasteiger charge is 2.41. The summed E-state index contributed by atoms with van der Waals surface area (Å²) < 4.78 is 0. The largest absolute Gasteiger partial charge is 0.480 e. The fourth-order valence-electron chi connectivity index (χ4n) is 2.40. The molecule has 1 fully saturated rings. The van der Waals surface area contributed by atoms with Gasteiger partial charge < -0.3 is 10.0 Å². The van der Waals surface area contributed by atoms with E-state index < -0.39 is 12.0 Å². The molecular formula is C14H15ClN2O4. The maximum Gasteiger partial charge on any atom is 0.323 e.